The van der Waals surface area contributed by atoms with Gasteiger partial charge in [0.2, 0.25) is 0 Å². The summed E-state index contributed by atoms with van der Waals surface area (Å²) in [5, 5.41) is -1.07. The average Bonchev–Trinajstić information content (AvgIpc) is 2.61. The molecule has 0 amide bonds. The summed E-state index contributed by atoms with van der Waals surface area (Å²) in [6.07, 6.45) is 11.0. The molecule has 28 heavy (non-hydrogen) atoms. The van der Waals surface area contributed by atoms with Crippen LogP contribution in [0.25, 0.3) is 0 Å². The molecule has 0 radical (unpaired) electrons. The Labute approximate surface area is 194 Å². The minimum Gasteiger partial charge on any atom is -0.748 e. The molecule has 0 bridgehead atoms. The van der Waals surface area contributed by atoms with Crippen LogP contribution in [-0.4, -0.2) is 24.3 Å². The van der Waals surface area contributed by atoms with Gasteiger partial charge in [0, 0.05) is 0 Å². The third-order valence-corrected chi connectivity index (χ3v) is 6.40. The van der Waals surface area contributed by atoms with Crippen LogP contribution in [0.1, 0.15) is 90.2 Å². The van der Waals surface area contributed by atoms with Gasteiger partial charge in [-0.2, -0.15) is 0 Å². The van der Waals surface area contributed by atoms with Gasteiger partial charge in [-0.3, -0.25) is 0 Å². The van der Waals surface area contributed by atoms with Crippen LogP contribution in [0.2, 0.25) is 0 Å². The largest absolute Gasteiger partial charge is 1.00 e. The zero-order valence-electron chi connectivity index (χ0n) is 18.5. The topological polar surface area (TPSA) is 66.4 Å². The fourth-order valence-corrected chi connectivity index (χ4v) is 3.67. The van der Waals surface area contributed by atoms with Crippen molar-refractivity contribution in [3.05, 3.63) is 29.3 Å². The molecule has 6 heteroatoms. The van der Waals surface area contributed by atoms with E-state index in [0.717, 1.165) is 25.7 Å². The molecular weight excluding hydrogens is 383 g/mol. The van der Waals surface area contributed by atoms with Gasteiger partial charge < -0.3 is 9.29 Å². The molecule has 0 fully saturated rings. The van der Waals surface area contributed by atoms with Gasteiger partial charge in [-0.15, -0.1) is 0 Å². The number of aryl methyl sites for hydroxylation is 2. The van der Waals surface area contributed by atoms with Crippen LogP contribution in [0.4, 0.5) is 0 Å². The van der Waals surface area contributed by atoms with Crippen molar-refractivity contribution < 1.29 is 47.3 Å². The summed E-state index contributed by atoms with van der Waals surface area (Å²) >= 11 is 0. The Kier molecular flexibility index (Phi) is 14.8. The first-order valence-electron chi connectivity index (χ1n) is 10.5. The second kappa shape index (κ2) is 14.8. The van der Waals surface area contributed by atoms with Crippen LogP contribution in [0.3, 0.4) is 0 Å². The Balaban J connectivity index is 0.00000729. The number of hydrogen-bond acceptors (Lipinski definition) is 4. The molecule has 0 aliphatic carbocycles. The molecule has 0 spiro atoms. The first-order valence-corrected chi connectivity index (χ1v) is 12.0. The van der Waals surface area contributed by atoms with Crippen molar-refractivity contribution in [2.45, 2.75) is 103 Å². The Morgan fingerprint density at radius 1 is 0.857 bits per heavy atom. The van der Waals surface area contributed by atoms with Crippen molar-refractivity contribution in [2.24, 2.45) is 0 Å². The number of rotatable bonds is 14. The Hall–Kier alpha value is -0.0700. The predicted molar refractivity (Wildman–Crippen MR) is 111 cm³/mol. The summed E-state index contributed by atoms with van der Waals surface area (Å²) in [5.74, 6) is 0.677. The molecule has 0 heterocycles. The molecule has 0 saturated carbocycles. The van der Waals surface area contributed by atoms with Crippen LogP contribution < -0.4 is 34.3 Å². The van der Waals surface area contributed by atoms with E-state index in [4.69, 9.17) is 4.74 Å². The molecule has 156 valence electrons. The number of benzene rings is 1. The van der Waals surface area contributed by atoms with Crippen molar-refractivity contribution in [1.82, 2.24) is 0 Å². The molecule has 0 aliphatic heterocycles. The third kappa shape index (κ3) is 11.2. The first kappa shape index (κ1) is 27.9. The maximum Gasteiger partial charge on any atom is 1.00 e. The van der Waals surface area contributed by atoms with E-state index in [9.17, 15) is 13.0 Å². The molecular formula is C22H37NaO4S. The van der Waals surface area contributed by atoms with E-state index in [1.165, 1.54) is 56.6 Å². The van der Waals surface area contributed by atoms with Gasteiger partial charge in [-0.25, -0.2) is 8.42 Å². The van der Waals surface area contributed by atoms with E-state index >= 15 is 0 Å². The molecule has 2 atom stereocenters. The Morgan fingerprint density at radius 2 is 1.32 bits per heavy atom. The SMILES string of the molecule is CCCCCCc1cc(CCCCCC)cc(OC(C)C(C)S(=O)(=O)[O-])c1.[Na+]. The molecule has 1 aromatic rings. The fraction of sp³-hybridized carbons (Fsp3) is 0.727. The monoisotopic (exact) mass is 420 g/mol. The molecule has 0 aromatic heterocycles. The van der Waals surface area contributed by atoms with Crippen LogP contribution in [0.5, 0.6) is 5.75 Å². The van der Waals surface area contributed by atoms with Crippen LogP contribution >= 0.6 is 0 Å². The third-order valence-electron chi connectivity index (χ3n) is 5.10. The number of hydrogen-bond donors (Lipinski definition) is 0. The zero-order valence-corrected chi connectivity index (χ0v) is 21.3. The first-order chi connectivity index (χ1) is 12.8. The van der Waals surface area contributed by atoms with Gasteiger partial charge in [-0.05, 0) is 62.8 Å². The van der Waals surface area contributed by atoms with E-state index in [1.54, 1.807) is 6.92 Å². The standard InChI is InChI=1S/C22H38O4S.Na/c1-5-7-9-11-13-20-15-21(14-12-10-8-6-2)17-22(16-20)26-18(3)19(4)27(23,24)25;/h15-19H,5-14H2,1-4H3,(H,23,24,25);/q;+1/p-1. The normalized spacial score (nSPS) is 13.6. The molecule has 4 nitrogen and oxygen atoms in total. The van der Waals surface area contributed by atoms with Crippen molar-refractivity contribution >= 4 is 10.1 Å². The van der Waals surface area contributed by atoms with E-state index in [2.05, 4.69) is 19.9 Å². The summed E-state index contributed by atoms with van der Waals surface area (Å²) in [5.41, 5.74) is 2.47. The zero-order chi connectivity index (χ0) is 20.3. The van der Waals surface area contributed by atoms with E-state index in [-0.39, 0.29) is 29.6 Å². The van der Waals surface area contributed by atoms with Crippen molar-refractivity contribution in [3.63, 3.8) is 0 Å². The van der Waals surface area contributed by atoms with Crippen molar-refractivity contribution in [1.29, 1.82) is 0 Å². The van der Waals surface area contributed by atoms with Gasteiger partial charge in [-0.1, -0.05) is 58.4 Å². The van der Waals surface area contributed by atoms with Gasteiger partial charge in [0.1, 0.15) is 22.0 Å². The second-order valence-electron chi connectivity index (χ2n) is 7.63. The minimum absolute atomic E-state index is 0. The van der Waals surface area contributed by atoms with Gasteiger partial charge in [0.05, 0.1) is 5.25 Å². The summed E-state index contributed by atoms with van der Waals surface area (Å²) in [6, 6.07) is 6.26. The van der Waals surface area contributed by atoms with Gasteiger partial charge in [0.25, 0.3) is 0 Å². The van der Waals surface area contributed by atoms with E-state index < -0.39 is 21.5 Å². The predicted octanol–water partition coefficient (Wildman–Crippen LogP) is 2.64. The minimum atomic E-state index is -4.36. The summed E-state index contributed by atoms with van der Waals surface area (Å²) < 4.78 is 39.7. The molecule has 0 aliphatic rings. The van der Waals surface area contributed by atoms with Crippen LogP contribution in [0.15, 0.2) is 18.2 Å². The summed E-state index contributed by atoms with van der Waals surface area (Å²) in [6.45, 7) is 7.47. The van der Waals surface area contributed by atoms with Crippen molar-refractivity contribution in [3.8, 4) is 5.75 Å². The number of unbranched alkanes of at least 4 members (excludes halogenated alkanes) is 6. The molecule has 0 N–H and O–H groups in total. The smallest absolute Gasteiger partial charge is 0.748 e. The maximum absolute atomic E-state index is 11.3. The fourth-order valence-electron chi connectivity index (χ4n) is 3.14. The molecule has 0 saturated heterocycles. The van der Waals surface area contributed by atoms with Crippen LogP contribution in [-0.2, 0) is 23.0 Å². The average molecular weight is 421 g/mol. The Morgan fingerprint density at radius 3 is 1.71 bits per heavy atom. The molecule has 1 aromatic carbocycles. The van der Waals surface area contributed by atoms with E-state index in [1.807, 2.05) is 12.1 Å². The van der Waals surface area contributed by atoms with Crippen molar-refractivity contribution in [2.75, 3.05) is 0 Å². The van der Waals surface area contributed by atoms with E-state index in [0.29, 0.717) is 5.75 Å². The summed E-state index contributed by atoms with van der Waals surface area (Å²) in [4.78, 5) is 0. The maximum atomic E-state index is 11.3. The molecule has 1 rings (SSSR count). The molecule has 2 unspecified atom stereocenters. The Bertz CT molecular complexity index is 616. The second-order valence-corrected chi connectivity index (χ2v) is 9.36. The van der Waals surface area contributed by atoms with Gasteiger partial charge >= 0.3 is 29.6 Å². The number of ether oxygens (including phenoxy) is 1. The quantitative estimate of drug-likeness (QED) is 0.264. The van der Waals surface area contributed by atoms with Crippen LogP contribution in [0, 0.1) is 0 Å². The summed E-state index contributed by atoms with van der Waals surface area (Å²) in [7, 11) is -4.36. The van der Waals surface area contributed by atoms with Gasteiger partial charge in [0.15, 0.2) is 0 Å².